The molecule has 0 unspecified atom stereocenters. The van der Waals surface area contributed by atoms with Gasteiger partial charge in [-0.1, -0.05) is 23.7 Å². The van der Waals surface area contributed by atoms with E-state index in [0.29, 0.717) is 27.6 Å². The lowest BCUT2D eigenvalue weighted by Gasteiger charge is -1.94. The third-order valence-corrected chi connectivity index (χ3v) is 3.43. The van der Waals surface area contributed by atoms with Crippen molar-refractivity contribution in [3.8, 4) is 0 Å². The fraction of sp³-hybridized carbons (Fsp3) is 0.0625. The quantitative estimate of drug-likeness (QED) is 0.511. The lowest BCUT2D eigenvalue weighted by Crippen LogP contribution is -1.88. The summed E-state index contributed by atoms with van der Waals surface area (Å²) in [5.74, 6) is 0.397. The second-order valence-electron chi connectivity index (χ2n) is 4.81. The Bertz CT molecular complexity index is 882. The molecule has 0 bridgehead atoms. The average Bonchev–Trinajstić information content (AvgIpc) is 2.90. The van der Waals surface area contributed by atoms with Crippen molar-refractivity contribution in [2.24, 2.45) is 0 Å². The first-order valence-corrected chi connectivity index (χ1v) is 6.90. The molecule has 0 saturated carbocycles. The number of benzene rings is 2. The van der Waals surface area contributed by atoms with E-state index >= 15 is 0 Å². The fourth-order valence-corrected chi connectivity index (χ4v) is 2.24. The molecule has 0 atom stereocenters. The van der Waals surface area contributed by atoms with Crippen LogP contribution in [0.5, 0.6) is 0 Å². The zero-order valence-electron chi connectivity index (χ0n) is 11.6. The SMILES string of the molecule is Cc1cc([N+](=O)[O-])cc2nc(/C=C/c3ccc(Cl)cc3)oc12. The van der Waals surface area contributed by atoms with Crippen molar-refractivity contribution in [3.63, 3.8) is 0 Å². The van der Waals surface area contributed by atoms with Crippen molar-refractivity contribution in [2.75, 3.05) is 0 Å². The maximum atomic E-state index is 10.9. The van der Waals surface area contributed by atoms with E-state index in [2.05, 4.69) is 4.98 Å². The molecular formula is C16H11ClN2O3. The minimum Gasteiger partial charge on any atom is -0.436 e. The number of aromatic nitrogens is 1. The molecule has 1 aromatic heterocycles. The summed E-state index contributed by atoms with van der Waals surface area (Å²) in [6.07, 6.45) is 3.55. The van der Waals surface area contributed by atoms with Gasteiger partial charge in [-0.15, -0.1) is 0 Å². The highest BCUT2D eigenvalue weighted by Crippen LogP contribution is 2.26. The highest BCUT2D eigenvalue weighted by Gasteiger charge is 2.13. The molecule has 0 N–H and O–H groups in total. The van der Waals surface area contributed by atoms with Crippen LogP contribution >= 0.6 is 11.6 Å². The van der Waals surface area contributed by atoms with Crippen LogP contribution in [-0.4, -0.2) is 9.91 Å². The van der Waals surface area contributed by atoms with E-state index in [9.17, 15) is 10.1 Å². The van der Waals surface area contributed by atoms with Crippen LogP contribution in [0.2, 0.25) is 5.02 Å². The standard InChI is InChI=1S/C16H11ClN2O3/c1-10-8-13(19(20)21)9-14-16(10)22-15(18-14)7-4-11-2-5-12(17)6-3-11/h2-9H,1H3/b7-4+. The Kier molecular flexibility index (Phi) is 3.65. The predicted octanol–water partition coefficient (Wildman–Crippen LogP) is 4.87. The lowest BCUT2D eigenvalue weighted by molar-refractivity contribution is -0.384. The van der Waals surface area contributed by atoms with E-state index in [1.807, 2.05) is 18.2 Å². The molecule has 0 fully saturated rings. The maximum Gasteiger partial charge on any atom is 0.272 e. The monoisotopic (exact) mass is 314 g/mol. The Labute approximate surface area is 131 Å². The molecule has 0 aliphatic rings. The molecule has 2 aromatic carbocycles. The summed E-state index contributed by atoms with van der Waals surface area (Å²) < 4.78 is 5.63. The van der Waals surface area contributed by atoms with E-state index < -0.39 is 4.92 Å². The number of nitro benzene ring substituents is 1. The van der Waals surface area contributed by atoms with Gasteiger partial charge in [0.15, 0.2) is 5.58 Å². The number of hydrogen-bond donors (Lipinski definition) is 0. The van der Waals surface area contributed by atoms with Crippen molar-refractivity contribution in [3.05, 3.63) is 68.6 Å². The maximum absolute atomic E-state index is 10.9. The number of aryl methyl sites for hydroxylation is 1. The zero-order valence-corrected chi connectivity index (χ0v) is 12.4. The molecule has 0 saturated heterocycles. The topological polar surface area (TPSA) is 69.2 Å². The van der Waals surface area contributed by atoms with Gasteiger partial charge in [0, 0.05) is 28.8 Å². The highest BCUT2D eigenvalue weighted by molar-refractivity contribution is 6.30. The summed E-state index contributed by atoms with van der Waals surface area (Å²) in [4.78, 5) is 14.7. The molecular weight excluding hydrogens is 304 g/mol. The summed E-state index contributed by atoms with van der Waals surface area (Å²) in [6, 6.07) is 10.2. The molecule has 0 aliphatic heterocycles. The van der Waals surface area contributed by atoms with Crippen molar-refractivity contribution >= 4 is 40.5 Å². The summed E-state index contributed by atoms with van der Waals surface area (Å²) in [7, 11) is 0. The first kappa shape index (κ1) is 14.3. The summed E-state index contributed by atoms with van der Waals surface area (Å²) in [6.45, 7) is 1.76. The van der Waals surface area contributed by atoms with E-state index in [1.54, 1.807) is 25.1 Å². The Balaban J connectivity index is 1.96. The van der Waals surface area contributed by atoms with E-state index in [4.69, 9.17) is 16.0 Å². The van der Waals surface area contributed by atoms with Gasteiger partial charge in [-0.2, -0.15) is 0 Å². The highest BCUT2D eigenvalue weighted by atomic mass is 35.5. The minimum absolute atomic E-state index is 0.00605. The van der Waals surface area contributed by atoms with Crippen LogP contribution in [-0.2, 0) is 0 Å². The number of fused-ring (bicyclic) bond motifs is 1. The van der Waals surface area contributed by atoms with E-state index in [0.717, 1.165) is 5.56 Å². The Morgan fingerprint density at radius 1 is 1.23 bits per heavy atom. The predicted molar refractivity (Wildman–Crippen MR) is 85.8 cm³/mol. The summed E-state index contributed by atoms with van der Waals surface area (Å²) in [5.41, 5.74) is 2.67. The molecule has 22 heavy (non-hydrogen) atoms. The van der Waals surface area contributed by atoms with Crippen LogP contribution in [0.1, 0.15) is 17.0 Å². The number of nitro groups is 1. The van der Waals surface area contributed by atoms with Gasteiger partial charge in [0.25, 0.3) is 5.69 Å². The number of nitrogens with zero attached hydrogens (tertiary/aromatic N) is 2. The van der Waals surface area contributed by atoms with Crippen molar-refractivity contribution in [1.29, 1.82) is 0 Å². The normalized spacial score (nSPS) is 11.4. The van der Waals surface area contributed by atoms with Crippen LogP contribution in [0.25, 0.3) is 23.3 Å². The second-order valence-corrected chi connectivity index (χ2v) is 5.24. The van der Waals surface area contributed by atoms with E-state index in [-0.39, 0.29) is 5.69 Å². The minimum atomic E-state index is -0.440. The number of halogens is 1. The number of hydrogen-bond acceptors (Lipinski definition) is 4. The smallest absolute Gasteiger partial charge is 0.272 e. The van der Waals surface area contributed by atoms with Gasteiger partial charge in [0.05, 0.1) is 4.92 Å². The van der Waals surface area contributed by atoms with Crippen LogP contribution in [0.4, 0.5) is 5.69 Å². The largest absolute Gasteiger partial charge is 0.436 e. The number of non-ortho nitro benzene ring substituents is 1. The van der Waals surface area contributed by atoms with Crippen LogP contribution in [0, 0.1) is 17.0 Å². The molecule has 6 heteroatoms. The molecule has 0 radical (unpaired) electrons. The molecule has 5 nitrogen and oxygen atoms in total. The van der Waals surface area contributed by atoms with E-state index in [1.165, 1.54) is 12.1 Å². The Morgan fingerprint density at radius 3 is 2.64 bits per heavy atom. The van der Waals surface area contributed by atoms with Crippen LogP contribution in [0.15, 0.2) is 40.8 Å². The molecule has 1 heterocycles. The second kappa shape index (κ2) is 5.61. The molecule has 3 rings (SSSR count). The summed E-state index contributed by atoms with van der Waals surface area (Å²) in [5, 5.41) is 11.5. The van der Waals surface area contributed by atoms with Gasteiger partial charge in [-0.25, -0.2) is 4.98 Å². The lowest BCUT2D eigenvalue weighted by atomic mass is 10.2. The van der Waals surface area contributed by atoms with Gasteiger partial charge >= 0.3 is 0 Å². The van der Waals surface area contributed by atoms with Crippen molar-refractivity contribution < 1.29 is 9.34 Å². The molecule has 0 aliphatic carbocycles. The van der Waals surface area contributed by atoms with Gasteiger partial charge in [-0.3, -0.25) is 10.1 Å². The van der Waals surface area contributed by atoms with Crippen LogP contribution in [0.3, 0.4) is 0 Å². The first-order chi connectivity index (χ1) is 10.5. The molecule has 0 spiro atoms. The Morgan fingerprint density at radius 2 is 1.95 bits per heavy atom. The molecule has 3 aromatic rings. The van der Waals surface area contributed by atoms with Gasteiger partial charge < -0.3 is 4.42 Å². The fourth-order valence-electron chi connectivity index (χ4n) is 2.12. The average molecular weight is 315 g/mol. The Hall–Kier alpha value is -2.66. The molecule has 110 valence electrons. The number of rotatable bonds is 3. The zero-order chi connectivity index (χ0) is 15.7. The van der Waals surface area contributed by atoms with Crippen molar-refractivity contribution in [1.82, 2.24) is 4.98 Å². The van der Waals surface area contributed by atoms with Gasteiger partial charge in [0.1, 0.15) is 5.52 Å². The third-order valence-electron chi connectivity index (χ3n) is 3.18. The van der Waals surface area contributed by atoms with Gasteiger partial charge in [0.2, 0.25) is 5.89 Å². The van der Waals surface area contributed by atoms with Crippen molar-refractivity contribution in [2.45, 2.75) is 6.92 Å². The third kappa shape index (κ3) is 2.84. The van der Waals surface area contributed by atoms with Crippen LogP contribution < -0.4 is 0 Å². The summed E-state index contributed by atoms with van der Waals surface area (Å²) >= 11 is 5.83. The molecule has 0 amide bonds. The number of oxazole rings is 1. The van der Waals surface area contributed by atoms with Gasteiger partial charge in [-0.05, 0) is 30.7 Å². The first-order valence-electron chi connectivity index (χ1n) is 6.52.